The lowest BCUT2D eigenvalue weighted by molar-refractivity contribution is 0.340. The molecule has 0 saturated carbocycles. The maximum atomic E-state index is 5.84. The predicted molar refractivity (Wildman–Crippen MR) is 80.2 cm³/mol. The molecule has 19 heavy (non-hydrogen) atoms. The van der Waals surface area contributed by atoms with E-state index < -0.39 is 0 Å². The number of benzene rings is 2. The monoisotopic (exact) mass is 256 g/mol. The summed E-state index contributed by atoms with van der Waals surface area (Å²) in [7, 11) is 0. The van der Waals surface area contributed by atoms with E-state index in [0.717, 1.165) is 31.9 Å². The largest absolute Gasteiger partial charge is 0.492 e. The van der Waals surface area contributed by atoms with Crippen molar-refractivity contribution in [3.05, 3.63) is 36.4 Å². The van der Waals surface area contributed by atoms with Crippen LogP contribution in [0.15, 0.2) is 36.4 Å². The van der Waals surface area contributed by atoms with Crippen molar-refractivity contribution < 1.29 is 4.74 Å². The van der Waals surface area contributed by atoms with Crippen LogP contribution in [-0.2, 0) is 0 Å². The van der Waals surface area contributed by atoms with Crippen molar-refractivity contribution in [3.63, 3.8) is 0 Å². The van der Waals surface area contributed by atoms with Gasteiger partial charge in [-0.25, -0.2) is 0 Å². The van der Waals surface area contributed by atoms with Gasteiger partial charge >= 0.3 is 0 Å². The number of anilines is 1. The second-order valence-corrected chi connectivity index (χ2v) is 4.80. The standard InChI is InChI=1S/C16H20N2O/c1-2-19-15-8-7-13-5-3-4-6-14(13)16(15)18-11-9-17-10-12-18/h3-8,17H,2,9-12H2,1H3. The number of hydrogen-bond acceptors (Lipinski definition) is 3. The maximum Gasteiger partial charge on any atom is 0.143 e. The van der Waals surface area contributed by atoms with E-state index in [-0.39, 0.29) is 0 Å². The Bertz CT molecular complexity index is 562. The van der Waals surface area contributed by atoms with Crippen LogP contribution in [0.3, 0.4) is 0 Å². The molecule has 2 aromatic carbocycles. The zero-order valence-corrected chi connectivity index (χ0v) is 11.4. The highest BCUT2D eigenvalue weighted by Gasteiger charge is 2.17. The van der Waals surface area contributed by atoms with Crippen LogP contribution in [0.25, 0.3) is 10.8 Å². The second-order valence-electron chi connectivity index (χ2n) is 4.80. The molecular formula is C16H20N2O. The molecule has 1 saturated heterocycles. The third kappa shape index (κ3) is 2.38. The normalized spacial score (nSPS) is 15.7. The SMILES string of the molecule is CCOc1ccc2ccccc2c1N1CCNCC1. The summed E-state index contributed by atoms with van der Waals surface area (Å²) < 4.78 is 5.84. The van der Waals surface area contributed by atoms with Crippen molar-refractivity contribution in [3.8, 4) is 5.75 Å². The van der Waals surface area contributed by atoms with E-state index in [4.69, 9.17) is 4.74 Å². The Morgan fingerprint density at radius 2 is 1.89 bits per heavy atom. The predicted octanol–water partition coefficient (Wildman–Crippen LogP) is 2.65. The molecule has 0 spiro atoms. The fourth-order valence-corrected chi connectivity index (χ4v) is 2.72. The summed E-state index contributed by atoms with van der Waals surface area (Å²) in [6.45, 7) is 6.89. The van der Waals surface area contributed by atoms with E-state index in [2.05, 4.69) is 46.6 Å². The van der Waals surface area contributed by atoms with E-state index in [1.54, 1.807) is 0 Å². The number of nitrogens with zero attached hydrogens (tertiary/aromatic N) is 1. The Labute approximate surface area is 114 Å². The summed E-state index contributed by atoms with van der Waals surface area (Å²) in [4.78, 5) is 2.43. The highest BCUT2D eigenvalue weighted by atomic mass is 16.5. The molecule has 3 nitrogen and oxygen atoms in total. The summed E-state index contributed by atoms with van der Waals surface area (Å²) in [5, 5.41) is 5.97. The van der Waals surface area contributed by atoms with E-state index >= 15 is 0 Å². The maximum absolute atomic E-state index is 5.84. The van der Waals surface area contributed by atoms with Crippen molar-refractivity contribution in [2.24, 2.45) is 0 Å². The van der Waals surface area contributed by atoms with E-state index in [1.807, 2.05) is 6.92 Å². The van der Waals surface area contributed by atoms with Crippen molar-refractivity contribution in [1.29, 1.82) is 0 Å². The molecule has 3 rings (SSSR count). The number of ether oxygens (including phenoxy) is 1. The summed E-state index contributed by atoms with van der Waals surface area (Å²) >= 11 is 0. The van der Waals surface area contributed by atoms with Crippen LogP contribution in [0.2, 0.25) is 0 Å². The molecular weight excluding hydrogens is 236 g/mol. The highest BCUT2D eigenvalue weighted by molar-refractivity contribution is 5.97. The van der Waals surface area contributed by atoms with Crippen LogP contribution < -0.4 is 15.0 Å². The van der Waals surface area contributed by atoms with E-state index in [1.165, 1.54) is 16.5 Å². The smallest absolute Gasteiger partial charge is 0.143 e. The number of fused-ring (bicyclic) bond motifs is 1. The molecule has 0 radical (unpaired) electrons. The van der Waals surface area contributed by atoms with Gasteiger partial charge in [0.05, 0.1) is 12.3 Å². The van der Waals surface area contributed by atoms with Gasteiger partial charge in [0, 0.05) is 31.6 Å². The zero-order chi connectivity index (χ0) is 13.1. The molecule has 0 bridgehead atoms. The Morgan fingerprint density at radius 1 is 1.11 bits per heavy atom. The molecule has 1 aliphatic heterocycles. The van der Waals surface area contributed by atoms with Crippen LogP contribution in [0, 0.1) is 0 Å². The first kappa shape index (κ1) is 12.3. The number of piperazine rings is 1. The van der Waals surface area contributed by atoms with Crippen LogP contribution in [0.5, 0.6) is 5.75 Å². The van der Waals surface area contributed by atoms with Crippen molar-refractivity contribution in [2.75, 3.05) is 37.7 Å². The quantitative estimate of drug-likeness (QED) is 0.913. The van der Waals surface area contributed by atoms with Gasteiger partial charge in [0.15, 0.2) is 0 Å². The lowest BCUT2D eigenvalue weighted by atomic mass is 10.1. The molecule has 0 amide bonds. The zero-order valence-electron chi connectivity index (χ0n) is 11.4. The van der Waals surface area contributed by atoms with Crippen LogP contribution in [-0.4, -0.2) is 32.8 Å². The summed E-state index contributed by atoms with van der Waals surface area (Å²) in [6.07, 6.45) is 0. The Hall–Kier alpha value is -1.74. The lowest BCUT2D eigenvalue weighted by Gasteiger charge is -2.31. The molecule has 0 atom stereocenters. The molecule has 2 aromatic rings. The van der Waals surface area contributed by atoms with Crippen LogP contribution in [0.4, 0.5) is 5.69 Å². The van der Waals surface area contributed by atoms with Crippen molar-refractivity contribution >= 4 is 16.5 Å². The number of hydrogen-bond donors (Lipinski definition) is 1. The van der Waals surface area contributed by atoms with Gasteiger partial charge in [0.1, 0.15) is 5.75 Å². The molecule has 1 aliphatic rings. The van der Waals surface area contributed by atoms with Crippen LogP contribution >= 0.6 is 0 Å². The molecule has 0 unspecified atom stereocenters. The van der Waals surface area contributed by atoms with Gasteiger partial charge in [0.25, 0.3) is 0 Å². The van der Waals surface area contributed by atoms with Crippen molar-refractivity contribution in [2.45, 2.75) is 6.92 Å². The average molecular weight is 256 g/mol. The summed E-state index contributed by atoms with van der Waals surface area (Å²) in [5.41, 5.74) is 1.25. The topological polar surface area (TPSA) is 24.5 Å². The molecule has 3 heteroatoms. The Kier molecular flexibility index (Phi) is 3.56. The number of rotatable bonds is 3. The fraction of sp³-hybridized carbons (Fsp3) is 0.375. The molecule has 0 aliphatic carbocycles. The first-order valence-corrected chi connectivity index (χ1v) is 7.00. The van der Waals surface area contributed by atoms with Crippen LogP contribution in [0.1, 0.15) is 6.92 Å². The highest BCUT2D eigenvalue weighted by Crippen LogP contribution is 2.36. The second kappa shape index (κ2) is 5.49. The van der Waals surface area contributed by atoms with Gasteiger partial charge in [-0.3, -0.25) is 0 Å². The van der Waals surface area contributed by atoms with Gasteiger partial charge in [-0.1, -0.05) is 30.3 Å². The average Bonchev–Trinajstić information content (AvgIpc) is 2.48. The fourth-order valence-electron chi connectivity index (χ4n) is 2.72. The van der Waals surface area contributed by atoms with Gasteiger partial charge in [-0.05, 0) is 18.4 Å². The third-order valence-electron chi connectivity index (χ3n) is 3.60. The summed E-state index contributed by atoms with van der Waals surface area (Å²) in [5.74, 6) is 1.00. The Morgan fingerprint density at radius 3 is 2.68 bits per heavy atom. The van der Waals surface area contributed by atoms with E-state index in [0.29, 0.717) is 6.61 Å². The van der Waals surface area contributed by atoms with E-state index in [9.17, 15) is 0 Å². The minimum Gasteiger partial charge on any atom is -0.492 e. The molecule has 1 fully saturated rings. The minimum atomic E-state index is 0.706. The Balaban J connectivity index is 2.13. The van der Waals surface area contributed by atoms with Crippen molar-refractivity contribution in [1.82, 2.24) is 5.32 Å². The number of nitrogens with one attached hydrogen (secondary N) is 1. The minimum absolute atomic E-state index is 0.706. The van der Waals surface area contributed by atoms with Gasteiger partial charge < -0.3 is 15.0 Å². The first-order chi connectivity index (χ1) is 9.40. The lowest BCUT2D eigenvalue weighted by Crippen LogP contribution is -2.43. The van der Waals surface area contributed by atoms with Gasteiger partial charge in [-0.15, -0.1) is 0 Å². The third-order valence-corrected chi connectivity index (χ3v) is 3.60. The van der Waals surface area contributed by atoms with Gasteiger partial charge in [-0.2, -0.15) is 0 Å². The van der Waals surface area contributed by atoms with Gasteiger partial charge in [0.2, 0.25) is 0 Å². The molecule has 1 N–H and O–H groups in total. The first-order valence-electron chi connectivity index (χ1n) is 7.00. The molecule has 1 heterocycles. The molecule has 100 valence electrons. The summed E-state index contributed by atoms with van der Waals surface area (Å²) in [6, 6.07) is 12.8. The molecule has 0 aromatic heterocycles.